The largest absolute Gasteiger partial charge is 0.279 e. The van der Waals surface area contributed by atoms with Crippen LogP contribution in [0, 0.1) is 11.8 Å². The Morgan fingerprint density at radius 1 is 1.00 bits per heavy atom. The van der Waals surface area contributed by atoms with Gasteiger partial charge in [0.1, 0.15) is 0 Å². The molecule has 2 fully saturated rings. The summed E-state index contributed by atoms with van der Waals surface area (Å²) in [5, 5.41) is 0. The zero-order valence-electron chi connectivity index (χ0n) is 11.6. The maximum Gasteiger partial charge on any atom is 0.279 e. The van der Waals surface area contributed by atoms with E-state index in [1.165, 1.54) is 6.42 Å². The lowest BCUT2D eigenvalue weighted by Crippen LogP contribution is -2.50. The standard InChI is InChI=1S/C13H26N2O2S/c1-11-7-6-8-13(12(11)2)14-18(16,17)15-9-4-3-5-10-15/h11-14H,3-10H2,1-2H3. The lowest BCUT2D eigenvalue weighted by atomic mass is 9.78. The maximum absolute atomic E-state index is 12.3. The minimum Gasteiger partial charge on any atom is -0.199 e. The van der Waals surface area contributed by atoms with E-state index in [1.807, 2.05) is 0 Å². The van der Waals surface area contributed by atoms with Crippen molar-refractivity contribution in [2.45, 2.75) is 58.4 Å². The molecule has 1 saturated carbocycles. The van der Waals surface area contributed by atoms with E-state index in [9.17, 15) is 8.42 Å². The second kappa shape index (κ2) is 5.88. The first-order valence-electron chi connectivity index (χ1n) is 7.28. The molecule has 1 aliphatic heterocycles. The summed E-state index contributed by atoms with van der Waals surface area (Å²) in [5.74, 6) is 1.06. The van der Waals surface area contributed by atoms with Crippen LogP contribution in [0.1, 0.15) is 52.4 Å². The van der Waals surface area contributed by atoms with Crippen LogP contribution in [0.5, 0.6) is 0 Å². The Kier molecular flexibility index (Phi) is 4.67. The van der Waals surface area contributed by atoms with Gasteiger partial charge in [0, 0.05) is 19.1 Å². The number of hydrogen-bond acceptors (Lipinski definition) is 2. The first kappa shape index (κ1) is 14.3. The number of piperidine rings is 1. The molecule has 106 valence electrons. The molecule has 1 N–H and O–H groups in total. The van der Waals surface area contributed by atoms with Crippen LogP contribution in [0.25, 0.3) is 0 Å². The Morgan fingerprint density at radius 2 is 1.67 bits per heavy atom. The van der Waals surface area contributed by atoms with Gasteiger partial charge in [-0.2, -0.15) is 17.4 Å². The van der Waals surface area contributed by atoms with Gasteiger partial charge in [0.15, 0.2) is 0 Å². The van der Waals surface area contributed by atoms with Gasteiger partial charge in [-0.25, -0.2) is 0 Å². The first-order valence-corrected chi connectivity index (χ1v) is 8.72. The van der Waals surface area contributed by atoms with Crippen LogP contribution < -0.4 is 4.72 Å². The SMILES string of the molecule is CC1CCCC(NS(=O)(=O)N2CCCCC2)C1C. The quantitative estimate of drug-likeness (QED) is 0.857. The molecule has 0 bridgehead atoms. The predicted octanol–water partition coefficient (Wildman–Crippen LogP) is 2.13. The lowest BCUT2D eigenvalue weighted by Gasteiger charge is -2.36. The molecule has 0 spiro atoms. The highest BCUT2D eigenvalue weighted by molar-refractivity contribution is 7.87. The summed E-state index contributed by atoms with van der Waals surface area (Å²) in [6, 6.07) is 0.126. The highest BCUT2D eigenvalue weighted by atomic mass is 32.2. The molecule has 1 saturated heterocycles. The minimum absolute atomic E-state index is 0.126. The molecule has 18 heavy (non-hydrogen) atoms. The van der Waals surface area contributed by atoms with Crippen LogP contribution in [0.2, 0.25) is 0 Å². The third kappa shape index (κ3) is 3.25. The number of nitrogens with zero attached hydrogens (tertiary/aromatic N) is 1. The zero-order valence-corrected chi connectivity index (χ0v) is 12.4. The molecule has 0 aromatic carbocycles. The van der Waals surface area contributed by atoms with Crippen molar-refractivity contribution in [1.29, 1.82) is 0 Å². The van der Waals surface area contributed by atoms with E-state index >= 15 is 0 Å². The van der Waals surface area contributed by atoms with Crippen molar-refractivity contribution in [3.05, 3.63) is 0 Å². The van der Waals surface area contributed by atoms with Crippen molar-refractivity contribution in [1.82, 2.24) is 9.03 Å². The molecule has 0 aromatic heterocycles. The van der Waals surface area contributed by atoms with Gasteiger partial charge in [-0.05, 0) is 31.1 Å². The highest BCUT2D eigenvalue weighted by Gasteiger charge is 2.32. The summed E-state index contributed by atoms with van der Waals surface area (Å²) in [6.45, 7) is 5.78. The molecule has 0 aromatic rings. The molecule has 2 rings (SSSR count). The molecule has 3 unspecified atom stereocenters. The normalized spacial score (nSPS) is 35.6. The average molecular weight is 274 g/mol. The Labute approximate surface area is 111 Å². The smallest absolute Gasteiger partial charge is 0.199 e. The molecular formula is C13H26N2O2S. The van der Waals surface area contributed by atoms with Gasteiger partial charge in [-0.1, -0.05) is 33.1 Å². The second-order valence-electron chi connectivity index (χ2n) is 5.96. The topological polar surface area (TPSA) is 49.4 Å². The average Bonchev–Trinajstić information content (AvgIpc) is 2.36. The van der Waals surface area contributed by atoms with Crippen LogP contribution in [0.3, 0.4) is 0 Å². The minimum atomic E-state index is -3.26. The second-order valence-corrected chi connectivity index (χ2v) is 7.66. The van der Waals surface area contributed by atoms with Crippen molar-refractivity contribution in [2.24, 2.45) is 11.8 Å². The van der Waals surface area contributed by atoms with E-state index in [1.54, 1.807) is 4.31 Å². The van der Waals surface area contributed by atoms with Crippen LogP contribution in [-0.4, -0.2) is 31.9 Å². The van der Waals surface area contributed by atoms with Gasteiger partial charge in [0.2, 0.25) is 0 Å². The van der Waals surface area contributed by atoms with Crippen LogP contribution in [0.15, 0.2) is 0 Å². The van der Waals surface area contributed by atoms with Gasteiger partial charge < -0.3 is 0 Å². The fourth-order valence-electron chi connectivity index (χ4n) is 3.12. The van der Waals surface area contributed by atoms with Crippen molar-refractivity contribution in [2.75, 3.05) is 13.1 Å². The monoisotopic (exact) mass is 274 g/mol. The molecule has 4 nitrogen and oxygen atoms in total. The van der Waals surface area contributed by atoms with E-state index in [-0.39, 0.29) is 6.04 Å². The fourth-order valence-corrected chi connectivity index (χ4v) is 4.72. The third-order valence-electron chi connectivity index (χ3n) is 4.66. The molecule has 1 heterocycles. The van der Waals surface area contributed by atoms with Crippen molar-refractivity contribution < 1.29 is 8.42 Å². The number of rotatable bonds is 3. The van der Waals surface area contributed by atoms with E-state index < -0.39 is 10.2 Å². The van der Waals surface area contributed by atoms with Gasteiger partial charge in [0.25, 0.3) is 10.2 Å². The predicted molar refractivity (Wildman–Crippen MR) is 73.4 cm³/mol. The van der Waals surface area contributed by atoms with E-state index in [4.69, 9.17) is 0 Å². The van der Waals surface area contributed by atoms with Crippen molar-refractivity contribution in [3.63, 3.8) is 0 Å². The molecule has 2 aliphatic rings. The van der Waals surface area contributed by atoms with Crippen LogP contribution in [-0.2, 0) is 10.2 Å². The summed E-state index contributed by atoms with van der Waals surface area (Å²) >= 11 is 0. The Balaban J connectivity index is 1.98. The molecule has 3 atom stereocenters. The van der Waals surface area contributed by atoms with Crippen molar-refractivity contribution >= 4 is 10.2 Å². The zero-order chi connectivity index (χ0) is 13.2. The molecule has 1 aliphatic carbocycles. The summed E-state index contributed by atoms with van der Waals surface area (Å²) in [6.07, 6.45) is 6.50. The molecule has 0 amide bonds. The molecular weight excluding hydrogens is 248 g/mol. The maximum atomic E-state index is 12.3. The van der Waals surface area contributed by atoms with Crippen molar-refractivity contribution in [3.8, 4) is 0 Å². The van der Waals surface area contributed by atoms with Crippen LogP contribution >= 0.6 is 0 Å². The number of nitrogens with one attached hydrogen (secondary N) is 1. The Hall–Kier alpha value is -0.130. The number of hydrogen-bond donors (Lipinski definition) is 1. The van der Waals surface area contributed by atoms with Gasteiger partial charge >= 0.3 is 0 Å². The van der Waals surface area contributed by atoms with E-state index in [2.05, 4.69) is 18.6 Å². The lowest BCUT2D eigenvalue weighted by molar-refractivity contribution is 0.222. The van der Waals surface area contributed by atoms with Crippen LogP contribution in [0.4, 0.5) is 0 Å². The molecule has 5 heteroatoms. The third-order valence-corrected chi connectivity index (χ3v) is 6.31. The Bertz CT molecular complexity index is 363. The van der Waals surface area contributed by atoms with E-state index in [0.29, 0.717) is 24.9 Å². The summed E-state index contributed by atoms with van der Waals surface area (Å²) in [7, 11) is -3.26. The highest BCUT2D eigenvalue weighted by Crippen LogP contribution is 2.30. The van der Waals surface area contributed by atoms with E-state index in [0.717, 1.165) is 32.1 Å². The van der Waals surface area contributed by atoms with Gasteiger partial charge in [-0.15, -0.1) is 0 Å². The first-order chi connectivity index (χ1) is 8.50. The summed E-state index contributed by atoms with van der Waals surface area (Å²) in [4.78, 5) is 0. The molecule has 0 radical (unpaired) electrons. The summed E-state index contributed by atoms with van der Waals surface area (Å²) < 4.78 is 29.2. The van der Waals surface area contributed by atoms with Gasteiger partial charge in [-0.3, -0.25) is 0 Å². The Morgan fingerprint density at radius 3 is 2.33 bits per heavy atom. The van der Waals surface area contributed by atoms with Gasteiger partial charge in [0.05, 0.1) is 0 Å². The summed E-state index contributed by atoms with van der Waals surface area (Å²) in [5.41, 5.74) is 0. The fraction of sp³-hybridized carbons (Fsp3) is 1.00.